The van der Waals surface area contributed by atoms with Crippen molar-refractivity contribution < 1.29 is 9.13 Å². The van der Waals surface area contributed by atoms with Crippen LogP contribution in [0.25, 0.3) is 11.1 Å². The molecule has 27 heavy (non-hydrogen) atoms. The summed E-state index contributed by atoms with van der Waals surface area (Å²) in [6.45, 7) is 5.52. The molecule has 6 heteroatoms. The van der Waals surface area contributed by atoms with Crippen molar-refractivity contribution in [3.05, 3.63) is 76.8 Å². The molecular formula is C21H17ClFN3O. The average molecular weight is 382 g/mol. The summed E-state index contributed by atoms with van der Waals surface area (Å²) in [4.78, 5) is 12.7. The summed E-state index contributed by atoms with van der Waals surface area (Å²) in [6.07, 6.45) is 3.35. The number of methoxy groups -OCH3 is 1. The van der Waals surface area contributed by atoms with Crippen LogP contribution in [0.5, 0.6) is 5.75 Å². The number of nitrogens with zero attached hydrogens (tertiary/aromatic N) is 3. The first-order valence-corrected chi connectivity index (χ1v) is 8.51. The predicted octanol–water partition coefficient (Wildman–Crippen LogP) is 5.64. The van der Waals surface area contributed by atoms with Gasteiger partial charge in [-0.3, -0.25) is 4.98 Å². The second kappa shape index (κ2) is 8.10. The van der Waals surface area contributed by atoms with Crippen molar-refractivity contribution in [1.29, 1.82) is 0 Å². The third-order valence-corrected chi connectivity index (χ3v) is 4.32. The Bertz CT molecular complexity index is 1020. The maximum Gasteiger partial charge on any atom is 0.160 e. The zero-order valence-corrected chi connectivity index (χ0v) is 15.7. The minimum atomic E-state index is -0.455. The van der Waals surface area contributed by atoms with Crippen LogP contribution >= 0.6 is 11.6 Å². The Morgan fingerprint density at radius 3 is 2.63 bits per heavy atom. The SMILES string of the molecule is C=NC(=Nc1c(C)cc(-c2ccc(F)c(Cl)c2)cc1OC)c1cccnc1. The van der Waals surface area contributed by atoms with Crippen LogP contribution in [0.4, 0.5) is 10.1 Å². The molecule has 0 aliphatic carbocycles. The molecule has 0 saturated heterocycles. The number of aryl methyl sites for hydroxylation is 1. The number of rotatable bonds is 4. The van der Waals surface area contributed by atoms with E-state index in [1.807, 2.05) is 31.2 Å². The van der Waals surface area contributed by atoms with E-state index < -0.39 is 5.82 Å². The third-order valence-electron chi connectivity index (χ3n) is 4.03. The van der Waals surface area contributed by atoms with E-state index in [0.29, 0.717) is 17.3 Å². The van der Waals surface area contributed by atoms with Crippen molar-refractivity contribution in [3.63, 3.8) is 0 Å². The quantitative estimate of drug-likeness (QED) is 0.434. The standard InChI is InChI=1S/C21H17ClFN3O/c1-13-9-16(14-6-7-18(23)17(22)10-14)11-19(27-3)20(13)26-21(24-2)15-5-4-8-25-12-15/h4-12H,2H2,1,3H3. The normalized spacial score (nSPS) is 11.3. The molecule has 1 heterocycles. The summed E-state index contributed by atoms with van der Waals surface area (Å²) in [5.74, 6) is 0.557. The molecule has 0 aliphatic heterocycles. The number of hydrogen-bond acceptors (Lipinski definition) is 3. The number of amidine groups is 1. The molecule has 0 aliphatic rings. The van der Waals surface area contributed by atoms with Crippen LogP contribution in [0.2, 0.25) is 5.02 Å². The van der Waals surface area contributed by atoms with Gasteiger partial charge in [-0.1, -0.05) is 17.7 Å². The van der Waals surface area contributed by atoms with Crippen molar-refractivity contribution in [1.82, 2.24) is 4.98 Å². The summed E-state index contributed by atoms with van der Waals surface area (Å²) in [5.41, 5.74) is 3.89. The fourth-order valence-electron chi connectivity index (χ4n) is 2.68. The first kappa shape index (κ1) is 18.7. The van der Waals surface area contributed by atoms with Gasteiger partial charge in [0.15, 0.2) is 5.84 Å². The second-order valence-corrected chi connectivity index (χ2v) is 6.22. The minimum absolute atomic E-state index is 0.0703. The lowest BCUT2D eigenvalue weighted by Crippen LogP contribution is -1.98. The zero-order chi connectivity index (χ0) is 19.4. The van der Waals surface area contributed by atoms with Crippen LogP contribution in [0.3, 0.4) is 0 Å². The summed E-state index contributed by atoms with van der Waals surface area (Å²) < 4.78 is 19.0. The first-order valence-electron chi connectivity index (χ1n) is 8.13. The second-order valence-electron chi connectivity index (χ2n) is 5.81. The Hall–Kier alpha value is -3.05. The topological polar surface area (TPSA) is 46.8 Å². The lowest BCUT2D eigenvalue weighted by Gasteiger charge is -2.12. The van der Waals surface area contributed by atoms with E-state index in [-0.39, 0.29) is 5.02 Å². The van der Waals surface area contributed by atoms with Gasteiger partial charge >= 0.3 is 0 Å². The van der Waals surface area contributed by atoms with Crippen molar-refractivity contribution in [2.24, 2.45) is 9.98 Å². The fourth-order valence-corrected chi connectivity index (χ4v) is 2.86. The highest BCUT2D eigenvalue weighted by Crippen LogP contribution is 2.37. The number of hydrogen-bond donors (Lipinski definition) is 0. The minimum Gasteiger partial charge on any atom is -0.494 e. The fraction of sp³-hybridized carbons (Fsp3) is 0.0952. The lowest BCUT2D eigenvalue weighted by atomic mass is 10.0. The van der Waals surface area contributed by atoms with E-state index in [1.165, 1.54) is 6.07 Å². The first-order chi connectivity index (χ1) is 13.0. The predicted molar refractivity (Wildman–Crippen MR) is 108 cm³/mol. The molecule has 0 atom stereocenters. The molecule has 0 amide bonds. The molecular weight excluding hydrogens is 365 g/mol. The van der Waals surface area contributed by atoms with Gasteiger partial charge in [-0.15, -0.1) is 0 Å². The molecule has 2 aromatic carbocycles. The zero-order valence-electron chi connectivity index (χ0n) is 14.9. The van der Waals surface area contributed by atoms with Crippen LogP contribution in [-0.4, -0.2) is 24.6 Å². The van der Waals surface area contributed by atoms with Gasteiger partial charge in [0.25, 0.3) is 0 Å². The van der Waals surface area contributed by atoms with Crippen LogP contribution in [0.1, 0.15) is 11.1 Å². The van der Waals surface area contributed by atoms with Gasteiger partial charge in [0.2, 0.25) is 0 Å². The highest BCUT2D eigenvalue weighted by molar-refractivity contribution is 6.31. The highest BCUT2D eigenvalue weighted by atomic mass is 35.5. The maximum atomic E-state index is 13.5. The summed E-state index contributed by atoms with van der Waals surface area (Å²) in [7, 11) is 1.57. The molecule has 1 aromatic heterocycles. The highest BCUT2D eigenvalue weighted by Gasteiger charge is 2.13. The van der Waals surface area contributed by atoms with Gasteiger partial charge in [-0.05, 0) is 66.7 Å². The molecule has 0 N–H and O–H groups in total. The lowest BCUT2D eigenvalue weighted by molar-refractivity contribution is 0.416. The Kier molecular flexibility index (Phi) is 5.62. The molecule has 136 valence electrons. The van der Waals surface area contributed by atoms with Gasteiger partial charge in [0, 0.05) is 18.0 Å². The van der Waals surface area contributed by atoms with E-state index in [4.69, 9.17) is 16.3 Å². The third kappa shape index (κ3) is 4.04. The molecule has 0 saturated carbocycles. The van der Waals surface area contributed by atoms with Gasteiger partial charge < -0.3 is 4.74 Å². The van der Waals surface area contributed by atoms with Crippen molar-refractivity contribution in [2.45, 2.75) is 6.92 Å². The van der Waals surface area contributed by atoms with Crippen LogP contribution in [-0.2, 0) is 0 Å². The Morgan fingerprint density at radius 1 is 1.19 bits per heavy atom. The molecule has 0 bridgehead atoms. The molecule has 3 aromatic rings. The largest absolute Gasteiger partial charge is 0.494 e. The van der Waals surface area contributed by atoms with Crippen molar-refractivity contribution >= 4 is 29.8 Å². The van der Waals surface area contributed by atoms with E-state index in [9.17, 15) is 4.39 Å². The number of aromatic nitrogens is 1. The molecule has 0 fully saturated rings. The molecule has 4 nitrogen and oxygen atoms in total. The van der Waals surface area contributed by atoms with Crippen molar-refractivity contribution in [2.75, 3.05) is 7.11 Å². The van der Waals surface area contributed by atoms with Gasteiger partial charge in [0.1, 0.15) is 17.3 Å². The molecule has 3 rings (SSSR count). The number of ether oxygens (including phenoxy) is 1. The van der Waals surface area contributed by atoms with E-state index in [1.54, 1.807) is 31.6 Å². The Labute approximate surface area is 162 Å². The van der Waals surface area contributed by atoms with Crippen LogP contribution in [0, 0.1) is 12.7 Å². The number of halogens is 2. The van der Waals surface area contributed by atoms with E-state index in [2.05, 4.69) is 21.7 Å². The Morgan fingerprint density at radius 2 is 2.00 bits per heavy atom. The van der Waals surface area contributed by atoms with Crippen LogP contribution in [0.15, 0.2) is 64.8 Å². The maximum absolute atomic E-state index is 13.5. The number of aliphatic imine (C=N–C) groups is 2. The number of benzene rings is 2. The van der Waals surface area contributed by atoms with E-state index >= 15 is 0 Å². The summed E-state index contributed by atoms with van der Waals surface area (Å²) >= 11 is 5.91. The van der Waals surface area contributed by atoms with Gasteiger partial charge in [-0.2, -0.15) is 0 Å². The Balaban J connectivity index is 2.11. The van der Waals surface area contributed by atoms with Crippen molar-refractivity contribution in [3.8, 4) is 16.9 Å². The summed E-state index contributed by atoms with van der Waals surface area (Å²) in [6, 6.07) is 12.0. The monoisotopic (exact) mass is 381 g/mol. The molecule has 0 radical (unpaired) electrons. The van der Waals surface area contributed by atoms with Gasteiger partial charge in [0.05, 0.1) is 12.1 Å². The van der Waals surface area contributed by atoms with E-state index in [0.717, 1.165) is 22.3 Å². The smallest absolute Gasteiger partial charge is 0.160 e. The van der Waals surface area contributed by atoms with Crippen LogP contribution < -0.4 is 4.74 Å². The molecule has 0 unspecified atom stereocenters. The average Bonchev–Trinajstić information content (AvgIpc) is 2.69. The number of pyridine rings is 1. The van der Waals surface area contributed by atoms with Gasteiger partial charge in [-0.25, -0.2) is 14.4 Å². The molecule has 0 spiro atoms. The summed E-state index contributed by atoms with van der Waals surface area (Å²) in [5, 5.41) is 0.0703.